The first-order valence-electron chi connectivity index (χ1n) is 7.88. The Bertz CT molecular complexity index is 644. The number of rotatable bonds is 5. The van der Waals surface area contributed by atoms with Crippen LogP contribution in [0.1, 0.15) is 25.7 Å². The van der Waals surface area contributed by atoms with Crippen molar-refractivity contribution in [1.82, 2.24) is 20.0 Å². The second-order valence-corrected chi connectivity index (χ2v) is 5.49. The van der Waals surface area contributed by atoms with Gasteiger partial charge in [-0.1, -0.05) is 12.1 Å². The van der Waals surface area contributed by atoms with E-state index in [0.29, 0.717) is 44.3 Å². The zero-order valence-corrected chi connectivity index (χ0v) is 13.1. The number of carbonyl (C=O) groups is 1. The quantitative estimate of drug-likeness (QED) is 0.835. The fourth-order valence-corrected chi connectivity index (χ4v) is 2.53. The van der Waals surface area contributed by atoms with Gasteiger partial charge in [0.05, 0.1) is 12.7 Å². The van der Waals surface area contributed by atoms with Crippen LogP contribution in [0.3, 0.4) is 0 Å². The summed E-state index contributed by atoms with van der Waals surface area (Å²) < 4.78 is 10.8. The Morgan fingerprint density at radius 3 is 3.17 bits per heavy atom. The van der Waals surface area contributed by atoms with E-state index in [1.807, 2.05) is 17.0 Å². The molecule has 3 heterocycles. The summed E-state index contributed by atoms with van der Waals surface area (Å²) in [5.74, 6) is 1.07. The number of aromatic nitrogens is 3. The summed E-state index contributed by atoms with van der Waals surface area (Å²) in [6, 6.07) is 3.68. The molecule has 7 heteroatoms. The average molecular weight is 316 g/mol. The van der Waals surface area contributed by atoms with Gasteiger partial charge in [-0.05, 0) is 18.6 Å². The lowest BCUT2D eigenvalue weighted by Gasteiger charge is -2.32. The Morgan fingerprint density at radius 1 is 1.48 bits per heavy atom. The van der Waals surface area contributed by atoms with Crippen molar-refractivity contribution in [2.24, 2.45) is 0 Å². The topological polar surface area (TPSA) is 81.4 Å². The van der Waals surface area contributed by atoms with Crippen LogP contribution >= 0.6 is 0 Å². The van der Waals surface area contributed by atoms with Gasteiger partial charge in [-0.3, -0.25) is 9.78 Å². The fraction of sp³-hybridized carbons (Fsp3) is 0.500. The van der Waals surface area contributed by atoms with E-state index in [1.165, 1.54) is 0 Å². The highest BCUT2D eigenvalue weighted by Crippen LogP contribution is 2.15. The van der Waals surface area contributed by atoms with Crippen LogP contribution in [-0.2, 0) is 16.0 Å². The molecule has 0 bridgehead atoms. The molecular weight excluding hydrogens is 296 g/mol. The molecule has 0 spiro atoms. The Morgan fingerprint density at radius 2 is 2.39 bits per heavy atom. The molecule has 1 fully saturated rings. The Kier molecular flexibility index (Phi) is 4.97. The summed E-state index contributed by atoms with van der Waals surface area (Å²) in [5, 5.41) is 3.93. The van der Waals surface area contributed by atoms with Gasteiger partial charge in [0.25, 0.3) is 0 Å². The lowest BCUT2D eigenvalue weighted by molar-refractivity contribution is -0.138. The van der Waals surface area contributed by atoms with Crippen molar-refractivity contribution in [2.45, 2.75) is 32.3 Å². The van der Waals surface area contributed by atoms with Crippen LogP contribution in [0, 0.1) is 0 Å². The number of carbonyl (C=O) groups excluding carboxylic acids is 1. The van der Waals surface area contributed by atoms with Crippen molar-refractivity contribution in [3.05, 3.63) is 30.4 Å². The van der Waals surface area contributed by atoms with Crippen molar-refractivity contribution in [1.29, 1.82) is 0 Å². The Hall–Kier alpha value is -2.28. The predicted molar refractivity (Wildman–Crippen MR) is 82.5 cm³/mol. The average Bonchev–Trinajstić information content (AvgIpc) is 3.09. The first-order valence-corrected chi connectivity index (χ1v) is 7.88. The number of nitrogens with zero attached hydrogens (tertiary/aromatic N) is 4. The molecule has 2 aromatic heterocycles. The molecule has 1 aliphatic rings. The smallest absolute Gasteiger partial charge is 0.227 e. The summed E-state index contributed by atoms with van der Waals surface area (Å²) in [4.78, 5) is 22.5. The summed E-state index contributed by atoms with van der Waals surface area (Å²) in [7, 11) is 0. The molecule has 122 valence electrons. The van der Waals surface area contributed by atoms with Crippen molar-refractivity contribution in [3.8, 4) is 11.4 Å². The SMILES string of the molecule is CC[C@@H]1CN(C(=O)CCc2nc(-c3cccnc3)no2)CCO1. The number of ether oxygens (including phenoxy) is 1. The van der Waals surface area contributed by atoms with Gasteiger partial charge in [-0.2, -0.15) is 4.98 Å². The third kappa shape index (κ3) is 3.92. The molecule has 1 amide bonds. The van der Waals surface area contributed by atoms with Crippen LogP contribution in [0.4, 0.5) is 0 Å². The Balaban J connectivity index is 1.54. The van der Waals surface area contributed by atoms with Gasteiger partial charge < -0.3 is 14.2 Å². The minimum atomic E-state index is 0.105. The maximum absolute atomic E-state index is 12.3. The molecule has 1 aliphatic heterocycles. The lowest BCUT2D eigenvalue weighted by Crippen LogP contribution is -2.45. The van der Waals surface area contributed by atoms with E-state index in [9.17, 15) is 4.79 Å². The van der Waals surface area contributed by atoms with E-state index in [0.717, 1.165) is 12.0 Å². The van der Waals surface area contributed by atoms with E-state index in [1.54, 1.807) is 12.4 Å². The maximum Gasteiger partial charge on any atom is 0.227 e. The summed E-state index contributed by atoms with van der Waals surface area (Å²) in [6.45, 7) is 3.99. The van der Waals surface area contributed by atoms with Gasteiger partial charge in [0.15, 0.2) is 0 Å². The fourth-order valence-electron chi connectivity index (χ4n) is 2.53. The van der Waals surface area contributed by atoms with Crippen LogP contribution in [0.5, 0.6) is 0 Å². The summed E-state index contributed by atoms with van der Waals surface area (Å²) >= 11 is 0. The van der Waals surface area contributed by atoms with E-state index >= 15 is 0 Å². The van der Waals surface area contributed by atoms with Gasteiger partial charge in [0.2, 0.25) is 17.6 Å². The number of amides is 1. The van der Waals surface area contributed by atoms with E-state index < -0.39 is 0 Å². The zero-order chi connectivity index (χ0) is 16.1. The van der Waals surface area contributed by atoms with Crippen LogP contribution in [0.15, 0.2) is 29.0 Å². The number of morpholine rings is 1. The molecular formula is C16H20N4O3. The predicted octanol–water partition coefficient (Wildman–Crippen LogP) is 1.70. The highest BCUT2D eigenvalue weighted by Gasteiger charge is 2.23. The number of hydrogen-bond acceptors (Lipinski definition) is 6. The molecule has 1 atom stereocenters. The largest absolute Gasteiger partial charge is 0.375 e. The van der Waals surface area contributed by atoms with E-state index in [-0.39, 0.29) is 12.0 Å². The lowest BCUT2D eigenvalue weighted by atomic mass is 10.2. The van der Waals surface area contributed by atoms with Gasteiger partial charge in [-0.25, -0.2) is 0 Å². The van der Waals surface area contributed by atoms with Crippen molar-refractivity contribution < 1.29 is 14.1 Å². The molecule has 0 N–H and O–H groups in total. The maximum atomic E-state index is 12.3. The zero-order valence-electron chi connectivity index (χ0n) is 13.1. The van der Waals surface area contributed by atoms with Gasteiger partial charge >= 0.3 is 0 Å². The van der Waals surface area contributed by atoms with E-state index in [2.05, 4.69) is 22.0 Å². The third-order valence-electron chi connectivity index (χ3n) is 3.89. The van der Waals surface area contributed by atoms with Crippen LogP contribution in [0.25, 0.3) is 11.4 Å². The molecule has 0 saturated carbocycles. The molecule has 0 unspecified atom stereocenters. The molecule has 23 heavy (non-hydrogen) atoms. The van der Waals surface area contributed by atoms with Gasteiger partial charge in [0, 0.05) is 43.9 Å². The summed E-state index contributed by atoms with van der Waals surface area (Å²) in [5.41, 5.74) is 0.799. The normalized spacial score (nSPS) is 18.1. The van der Waals surface area contributed by atoms with Crippen LogP contribution in [0.2, 0.25) is 0 Å². The molecule has 3 rings (SSSR count). The van der Waals surface area contributed by atoms with Crippen molar-refractivity contribution in [3.63, 3.8) is 0 Å². The minimum absolute atomic E-state index is 0.105. The number of pyridine rings is 1. The molecule has 0 radical (unpaired) electrons. The molecule has 7 nitrogen and oxygen atoms in total. The molecule has 1 saturated heterocycles. The molecule has 0 aliphatic carbocycles. The van der Waals surface area contributed by atoms with E-state index in [4.69, 9.17) is 9.26 Å². The second-order valence-electron chi connectivity index (χ2n) is 5.49. The third-order valence-corrected chi connectivity index (χ3v) is 3.89. The monoisotopic (exact) mass is 316 g/mol. The highest BCUT2D eigenvalue weighted by atomic mass is 16.5. The number of aryl methyl sites for hydroxylation is 1. The summed E-state index contributed by atoms with van der Waals surface area (Å²) in [6.07, 6.45) is 5.24. The molecule has 2 aromatic rings. The van der Waals surface area contributed by atoms with Crippen molar-refractivity contribution in [2.75, 3.05) is 19.7 Å². The first-order chi connectivity index (χ1) is 11.3. The van der Waals surface area contributed by atoms with Crippen LogP contribution in [-0.4, -0.2) is 51.7 Å². The minimum Gasteiger partial charge on any atom is -0.375 e. The van der Waals surface area contributed by atoms with Gasteiger partial charge in [0.1, 0.15) is 0 Å². The first kappa shape index (κ1) is 15.6. The molecule has 0 aromatic carbocycles. The van der Waals surface area contributed by atoms with Crippen molar-refractivity contribution >= 4 is 5.91 Å². The van der Waals surface area contributed by atoms with Gasteiger partial charge in [-0.15, -0.1) is 0 Å². The standard InChI is InChI=1S/C16H20N4O3/c1-2-13-11-20(8-9-22-13)15(21)6-5-14-18-16(19-23-14)12-4-3-7-17-10-12/h3-4,7,10,13H,2,5-6,8-9,11H2,1H3/t13-/m1/s1. The second kappa shape index (κ2) is 7.32. The highest BCUT2D eigenvalue weighted by molar-refractivity contribution is 5.76. The van der Waals surface area contributed by atoms with Crippen LogP contribution < -0.4 is 0 Å². The Labute approximate surface area is 134 Å². The number of hydrogen-bond donors (Lipinski definition) is 0.